The highest BCUT2D eigenvalue weighted by Gasteiger charge is 2.17. The summed E-state index contributed by atoms with van der Waals surface area (Å²) in [6.07, 6.45) is 7.94. The average Bonchev–Trinajstić information content (AvgIpc) is 3.20. The summed E-state index contributed by atoms with van der Waals surface area (Å²) in [6.45, 7) is 11.4. The second-order valence-corrected chi connectivity index (χ2v) is 8.71. The lowest BCUT2D eigenvalue weighted by Gasteiger charge is -2.26. The number of imidazole rings is 1. The minimum absolute atomic E-state index is 0.223. The van der Waals surface area contributed by atoms with Gasteiger partial charge < -0.3 is 24.3 Å². The smallest absolute Gasteiger partial charge is 0.227 e. The number of anilines is 3. The predicted octanol–water partition coefficient (Wildman–Crippen LogP) is 4.83. The molecule has 0 amide bonds. The Balaban J connectivity index is 1.53. The Bertz CT molecular complexity index is 1050. The molecule has 1 aliphatic rings. The number of rotatable bonds is 10. The lowest BCUT2D eigenvalue weighted by Crippen LogP contribution is -2.31. The van der Waals surface area contributed by atoms with E-state index in [1.807, 2.05) is 19.1 Å². The SMILES string of the molecule is CCCOC(C)OCc1nc2cnc(Nc3ccnc(N4CCCCC4)n3)cc2n1C(C)C. The molecule has 178 valence electrons. The maximum absolute atomic E-state index is 5.88. The predicted molar refractivity (Wildman–Crippen MR) is 130 cm³/mol. The van der Waals surface area contributed by atoms with Gasteiger partial charge in [0.15, 0.2) is 6.29 Å². The number of pyridine rings is 1. The van der Waals surface area contributed by atoms with Crippen LogP contribution >= 0.6 is 0 Å². The van der Waals surface area contributed by atoms with Gasteiger partial charge in [0.2, 0.25) is 5.95 Å². The van der Waals surface area contributed by atoms with Crippen LogP contribution < -0.4 is 10.2 Å². The van der Waals surface area contributed by atoms with Gasteiger partial charge >= 0.3 is 0 Å². The van der Waals surface area contributed by atoms with Crippen LogP contribution in [0.5, 0.6) is 0 Å². The number of hydrogen-bond donors (Lipinski definition) is 1. The molecule has 0 aromatic carbocycles. The highest BCUT2D eigenvalue weighted by atomic mass is 16.7. The fourth-order valence-corrected chi connectivity index (χ4v) is 4.11. The van der Waals surface area contributed by atoms with Crippen molar-refractivity contribution in [2.24, 2.45) is 0 Å². The molecule has 0 saturated carbocycles. The molecule has 33 heavy (non-hydrogen) atoms. The second-order valence-electron chi connectivity index (χ2n) is 8.71. The number of fused-ring (bicyclic) bond motifs is 1. The van der Waals surface area contributed by atoms with E-state index in [-0.39, 0.29) is 12.3 Å². The van der Waals surface area contributed by atoms with Gasteiger partial charge in [-0.15, -0.1) is 0 Å². The molecular weight excluding hydrogens is 418 g/mol. The van der Waals surface area contributed by atoms with Crippen molar-refractivity contribution < 1.29 is 9.47 Å². The van der Waals surface area contributed by atoms with Crippen LogP contribution in [-0.4, -0.2) is 50.5 Å². The first-order valence-corrected chi connectivity index (χ1v) is 12.0. The Kier molecular flexibility index (Phi) is 7.72. The lowest BCUT2D eigenvalue weighted by molar-refractivity contribution is -0.139. The number of hydrogen-bond acceptors (Lipinski definition) is 8. The first-order chi connectivity index (χ1) is 16.0. The molecule has 4 rings (SSSR count). The minimum atomic E-state index is -0.271. The van der Waals surface area contributed by atoms with Crippen LogP contribution in [0.2, 0.25) is 0 Å². The Hall–Kier alpha value is -2.78. The Morgan fingerprint density at radius 1 is 1.03 bits per heavy atom. The van der Waals surface area contributed by atoms with Gasteiger partial charge in [-0.1, -0.05) is 6.92 Å². The summed E-state index contributed by atoms with van der Waals surface area (Å²) in [6, 6.07) is 4.11. The summed E-state index contributed by atoms with van der Waals surface area (Å²) in [7, 11) is 0. The molecular formula is C24H35N7O2. The maximum Gasteiger partial charge on any atom is 0.227 e. The molecule has 0 aliphatic carbocycles. The van der Waals surface area contributed by atoms with E-state index >= 15 is 0 Å². The normalized spacial score (nSPS) is 15.4. The van der Waals surface area contributed by atoms with Crippen LogP contribution in [0, 0.1) is 0 Å². The minimum Gasteiger partial charge on any atom is -0.353 e. The number of piperidine rings is 1. The monoisotopic (exact) mass is 453 g/mol. The molecule has 1 N–H and O–H groups in total. The topological polar surface area (TPSA) is 90.2 Å². The van der Waals surface area contributed by atoms with Crippen LogP contribution in [-0.2, 0) is 16.1 Å². The van der Waals surface area contributed by atoms with E-state index in [2.05, 4.69) is 45.5 Å². The molecule has 3 aromatic rings. The highest BCUT2D eigenvalue weighted by molar-refractivity contribution is 5.79. The van der Waals surface area contributed by atoms with Crippen molar-refractivity contribution in [3.05, 3.63) is 30.4 Å². The van der Waals surface area contributed by atoms with Gasteiger partial charge in [-0.3, -0.25) is 0 Å². The van der Waals surface area contributed by atoms with Crippen LogP contribution in [0.25, 0.3) is 11.0 Å². The van der Waals surface area contributed by atoms with E-state index < -0.39 is 0 Å². The summed E-state index contributed by atoms with van der Waals surface area (Å²) in [5.41, 5.74) is 1.85. The molecule has 1 aliphatic heterocycles. The molecule has 9 heteroatoms. The summed E-state index contributed by atoms with van der Waals surface area (Å²) >= 11 is 0. The quantitative estimate of drug-likeness (QED) is 0.437. The third-order valence-electron chi connectivity index (χ3n) is 5.71. The molecule has 9 nitrogen and oxygen atoms in total. The molecule has 1 unspecified atom stereocenters. The third-order valence-corrected chi connectivity index (χ3v) is 5.71. The average molecular weight is 454 g/mol. The first-order valence-electron chi connectivity index (χ1n) is 12.0. The molecule has 0 radical (unpaired) electrons. The van der Waals surface area contributed by atoms with E-state index in [0.717, 1.165) is 54.0 Å². The second kappa shape index (κ2) is 10.9. The van der Waals surface area contributed by atoms with Crippen molar-refractivity contribution in [3.8, 4) is 0 Å². The highest BCUT2D eigenvalue weighted by Crippen LogP contribution is 2.25. The van der Waals surface area contributed by atoms with Crippen molar-refractivity contribution in [3.63, 3.8) is 0 Å². The number of nitrogens with zero attached hydrogens (tertiary/aromatic N) is 6. The van der Waals surface area contributed by atoms with Gasteiger partial charge in [0, 0.05) is 38.0 Å². The van der Waals surface area contributed by atoms with Gasteiger partial charge in [0.1, 0.15) is 29.6 Å². The van der Waals surface area contributed by atoms with E-state index in [1.165, 1.54) is 19.3 Å². The summed E-state index contributed by atoms with van der Waals surface area (Å²) in [4.78, 5) is 20.8. The largest absolute Gasteiger partial charge is 0.353 e. The van der Waals surface area contributed by atoms with E-state index in [9.17, 15) is 0 Å². The lowest BCUT2D eigenvalue weighted by atomic mass is 10.1. The molecule has 1 atom stereocenters. The molecule has 0 spiro atoms. The molecule has 1 saturated heterocycles. The number of aromatic nitrogens is 5. The standard InChI is InChI=1S/C24H35N7O2/c1-5-13-32-18(4)33-16-23-27-19-15-26-22(14-20(19)31(23)17(2)3)28-21-9-10-25-24(29-21)30-11-7-6-8-12-30/h9-10,14-15,17-18H,5-8,11-13,16H2,1-4H3,(H,25,26,28,29). The summed E-state index contributed by atoms with van der Waals surface area (Å²) in [5, 5.41) is 3.34. The van der Waals surface area contributed by atoms with Gasteiger partial charge in [-0.25, -0.2) is 15.0 Å². The summed E-state index contributed by atoms with van der Waals surface area (Å²) < 4.78 is 13.7. The zero-order chi connectivity index (χ0) is 23.2. The fraction of sp³-hybridized carbons (Fsp3) is 0.583. The van der Waals surface area contributed by atoms with Crippen LogP contribution in [0.3, 0.4) is 0 Å². The number of ether oxygens (including phenoxy) is 2. The van der Waals surface area contributed by atoms with Gasteiger partial charge in [0.25, 0.3) is 0 Å². The molecule has 4 heterocycles. The fourth-order valence-electron chi connectivity index (χ4n) is 4.11. The molecule has 1 fully saturated rings. The maximum atomic E-state index is 5.88. The van der Waals surface area contributed by atoms with Gasteiger partial charge in [-0.2, -0.15) is 4.98 Å². The summed E-state index contributed by atoms with van der Waals surface area (Å²) in [5.74, 6) is 3.09. The zero-order valence-electron chi connectivity index (χ0n) is 20.1. The van der Waals surface area contributed by atoms with Crippen molar-refractivity contribution in [2.75, 3.05) is 29.9 Å². The first kappa shape index (κ1) is 23.4. The van der Waals surface area contributed by atoms with E-state index in [0.29, 0.717) is 13.2 Å². The van der Waals surface area contributed by atoms with Crippen molar-refractivity contribution >= 4 is 28.6 Å². The third kappa shape index (κ3) is 5.78. The Morgan fingerprint density at radius 3 is 2.61 bits per heavy atom. The van der Waals surface area contributed by atoms with Crippen LogP contribution in [0.1, 0.15) is 65.2 Å². The van der Waals surface area contributed by atoms with Crippen LogP contribution in [0.15, 0.2) is 24.5 Å². The Labute approximate surface area is 195 Å². The van der Waals surface area contributed by atoms with Crippen molar-refractivity contribution in [1.29, 1.82) is 0 Å². The zero-order valence-corrected chi connectivity index (χ0v) is 20.1. The molecule has 3 aromatic heterocycles. The Morgan fingerprint density at radius 2 is 1.85 bits per heavy atom. The van der Waals surface area contributed by atoms with Gasteiger partial charge in [0.05, 0.1) is 11.7 Å². The van der Waals surface area contributed by atoms with E-state index in [4.69, 9.17) is 19.4 Å². The van der Waals surface area contributed by atoms with Crippen molar-refractivity contribution in [1.82, 2.24) is 24.5 Å². The van der Waals surface area contributed by atoms with E-state index in [1.54, 1.807) is 12.4 Å². The van der Waals surface area contributed by atoms with Gasteiger partial charge in [-0.05, 0) is 52.5 Å². The number of nitrogens with one attached hydrogen (secondary N) is 1. The van der Waals surface area contributed by atoms with Crippen molar-refractivity contribution in [2.45, 2.75) is 72.3 Å². The molecule has 0 bridgehead atoms. The van der Waals surface area contributed by atoms with Crippen LogP contribution in [0.4, 0.5) is 17.6 Å².